The molecular weight excluding hydrogens is 284 g/mol. The number of nitrogens with zero attached hydrogens (tertiary/aromatic N) is 1. The summed E-state index contributed by atoms with van der Waals surface area (Å²) in [7, 11) is 1.56. The lowest BCUT2D eigenvalue weighted by atomic mass is 10.2. The van der Waals surface area contributed by atoms with Crippen LogP contribution in [0.4, 0.5) is 5.69 Å². The molecule has 0 aliphatic heterocycles. The van der Waals surface area contributed by atoms with E-state index in [2.05, 4.69) is 24.1 Å². The Kier molecular flexibility index (Phi) is 5.22. The van der Waals surface area contributed by atoms with Gasteiger partial charge in [-0.1, -0.05) is 26.0 Å². The predicted octanol–water partition coefficient (Wildman–Crippen LogP) is 3.84. The molecule has 21 heavy (non-hydrogen) atoms. The average molecular weight is 302 g/mol. The molecule has 2 rings (SSSR count). The van der Waals surface area contributed by atoms with Crippen molar-refractivity contribution in [3.05, 3.63) is 48.2 Å². The first-order valence-corrected chi connectivity index (χ1v) is 7.55. The number of rotatable bonds is 5. The fourth-order valence-corrected chi connectivity index (χ4v) is 2.74. The van der Waals surface area contributed by atoms with Crippen molar-refractivity contribution in [1.82, 2.24) is 4.98 Å². The van der Waals surface area contributed by atoms with Crippen molar-refractivity contribution in [3.8, 4) is 5.88 Å². The van der Waals surface area contributed by atoms with Crippen LogP contribution < -0.4 is 10.1 Å². The first-order chi connectivity index (χ1) is 10.1. The van der Waals surface area contributed by atoms with Crippen molar-refractivity contribution >= 4 is 23.4 Å². The van der Waals surface area contributed by atoms with Crippen LogP contribution in [0.3, 0.4) is 0 Å². The molecular formula is C16H18N2O2S. The predicted molar refractivity (Wildman–Crippen MR) is 86.2 cm³/mol. The number of aromatic nitrogens is 1. The number of methoxy groups -OCH3 is 1. The third kappa shape index (κ3) is 4.23. The largest absolute Gasteiger partial charge is 0.481 e. The Morgan fingerprint density at radius 1 is 1.24 bits per heavy atom. The zero-order valence-corrected chi connectivity index (χ0v) is 13.1. The fourth-order valence-electron chi connectivity index (χ4n) is 1.78. The molecule has 0 radical (unpaired) electrons. The van der Waals surface area contributed by atoms with Crippen molar-refractivity contribution in [2.75, 3.05) is 12.4 Å². The Morgan fingerprint density at radius 3 is 2.62 bits per heavy atom. The molecule has 0 spiro atoms. The van der Waals surface area contributed by atoms with E-state index in [0.717, 1.165) is 4.90 Å². The molecule has 1 aromatic carbocycles. The Balaban J connectivity index is 2.16. The maximum absolute atomic E-state index is 12.4. The van der Waals surface area contributed by atoms with Gasteiger partial charge in [-0.15, -0.1) is 11.8 Å². The number of anilines is 1. The summed E-state index contributed by atoms with van der Waals surface area (Å²) >= 11 is 1.67. The number of carbonyl (C=O) groups excluding carboxylic acids is 1. The van der Waals surface area contributed by atoms with Gasteiger partial charge in [-0.25, -0.2) is 4.98 Å². The number of carbonyl (C=O) groups is 1. The molecule has 1 aromatic heterocycles. The molecule has 0 fully saturated rings. The number of hydrogen-bond donors (Lipinski definition) is 1. The van der Waals surface area contributed by atoms with E-state index in [1.54, 1.807) is 37.2 Å². The van der Waals surface area contributed by atoms with Crippen molar-refractivity contribution in [3.63, 3.8) is 0 Å². The summed E-state index contributed by atoms with van der Waals surface area (Å²) in [5.41, 5.74) is 1.32. The standard InChI is InChI=1S/C16H18N2O2S/c1-11(2)21-14-7-5-4-6-13(14)16(19)18-12-8-9-15(20-3)17-10-12/h4-11H,1-3H3,(H,18,19). The summed E-state index contributed by atoms with van der Waals surface area (Å²) in [4.78, 5) is 17.4. The molecule has 0 atom stereocenters. The third-order valence-corrected chi connectivity index (χ3v) is 3.78. The molecule has 1 heterocycles. The molecule has 1 N–H and O–H groups in total. The monoisotopic (exact) mass is 302 g/mol. The maximum Gasteiger partial charge on any atom is 0.256 e. The average Bonchev–Trinajstić information content (AvgIpc) is 2.48. The molecule has 0 aliphatic rings. The molecule has 0 unspecified atom stereocenters. The highest BCUT2D eigenvalue weighted by Gasteiger charge is 2.12. The maximum atomic E-state index is 12.4. The van der Waals surface area contributed by atoms with Gasteiger partial charge in [0.1, 0.15) is 0 Å². The molecule has 1 amide bonds. The van der Waals surface area contributed by atoms with Crippen molar-refractivity contribution < 1.29 is 9.53 Å². The summed E-state index contributed by atoms with van der Waals surface area (Å²) in [6, 6.07) is 11.1. The van der Waals surface area contributed by atoms with Gasteiger partial charge < -0.3 is 10.1 Å². The van der Waals surface area contributed by atoms with Crippen LogP contribution in [-0.2, 0) is 0 Å². The molecule has 0 saturated heterocycles. The normalized spacial score (nSPS) is 10.5. The van der Waals surface area contributed by atoms with E-state index in [9.17, 15) is 4.79 Å². The van der Waals surface area contributed by atoms with Crippen LogP contribution in [0.15, 0.2) is 47.5 Å². The minimum atomic E-state index is -0.134. The van der Waals surface area contributed by atoms with Crippen molar-refractivity contribution in [1.29, 1.82) is 0 Å². The topological polar surface area (TPSA) is 51.2 Å². The minimum absolute atomic E-state index is 0.134. The zero-order chi connectivity index (χ0) is 15.2. The van der Waals surface area contributed by atoms with Gasteiger partial charge in [0.25, 0.3) is 5.91 Å². The van der Waals surface area contributed by atoms with Crippen molar-refractivity contribution in [2.24, 2.45) is 0 Å². The van der Waals surface area contributed by atoms with Gasteiger partial charge in [0, 0.05) is 16.2 Å². The Labute approximate surface area is 128 Å². The van der Waals surface area contributed by atoms with Crippen molar-refractivity contribution in [2.45, 2.75) is 24.0 Å². The van der Waals surface area contributed by atoms with Gasteiger partial charge in [-0.2, -0.15) is 0 Å². The van der Waals surface area contributed by atoms with Crippen LogP contribution in [0.5, 0.6) is 5.88 Å². The second kappa shape index (κ2) is 7.13. The van der Waals surface area contributed by atoms with E-state index in [0.29, 0.717) is 22.4 Å². The van der Waals surface area contributed by atoms with E-state index in [1.807, 2.05) is 24.3 Å². The highest BCUT2D eigenvalue weighted by atomic mass is 32.2. The highest BCUT2D eigenvalue weighted by Crippen LogP contribution is 2.27. The molecule has 0 bridgehead atoms. The fraction of sp³-hybridized carbons (Fsp3) is 0.250. The van der Waals surface area contributed by atoms with Crippen LogP contribution >= 0.6 is 11.8 Å². The van der Waals surface area contributed by atoms with E-state index in [4.69, 9.17) is 4.74 Å². The molecule has 110 valence electrons. The SMILES string of the molecule is COc1ccc(NC(=O)c2ccccc2SC(C)C)cn1. The van der Waals surface area contributed by atoms with Gasteiger partial charge in [0.15, 0.2) is 0 Å². The lowest BCUT2D eigenvalue weighted by molar-refractivity contribution is 0.102. The van der Waals surface area contributed by atoms with Gasteiger partial charge >= 0.3 is 0 Å². The highest BCUT2D eigenvalue weighted by molar-refractivity contribution is 8.00. The number of benzene rings is 1. The quantitative estimate of drug-likeness (QED) is 0.853. The number of thioether (sulfide) groups is 1. The lowest BCUT2D eigenvalue weighted by Gasteiger charge is -2.11. The second-order valence-electron chi connectivity index (χ2n) is 4.71. The third-order valence-electron chi connectivity index (χ3n) is 2.70. The molecule has 2 aromatic rings. The minimum Gasteiger partial charge on any atom is -0.481 e. The number of nitrogens with one attached hydrogen (secondary N) is 1. The number of amides is 1. The summed E-state index contributed by atoms with van der Waals surface area (Å²) < 4.78 is 4.99. The molecule has 0 aliphatic carbocycles. The summed E-state index contributed by atoms with van der Waals surface area (Å²) in [6.07, 6.45) is 1.58. The first-order valence-electron chi connectivity index (χ1n) is 6.67. The summed E-state index contributed by atoms with van der Waals surface area (Å²) in [5, 5.41) is 3.27. The molecule has 0 saturated carbocycles. The van der Waals surface area contributed by atoms with Crippen LogP contribution in [0, 0.1) is 0 Å². The van der Waals surface area contributed by atoms with Crippen LogP contribution in [-0.4, -0.2) is 23.3 Å². The summed E-state index contributed by atoms with van der Waals surface area (Å²) in [6.45, 7) is 4.21. The van der Waals surface area contributed by atoms with Gasteiger partial charge in [-0.3, -0.25) is 4.79 Å². The molecule has 5 heteroatoms. The molecule has 4 nitrogen and oxygen atoms in total. The van der Waals surface area contributed by atoms with E-state index >= 15 is 0 Å². The Hall–Kier alpha value is -2.01. The smallest absolute Gasteiger partial charge is 0.256 e. The summed E-state index contributed by atoms with van der Waals surface area (Å²) in [5.74, 6) is 0.384. The van der Waals surface area contributed by atoms with Gasteiger partial charge in [0.2, 0.25) is 5.88 Å². The van der Waals surface area contributed by atoms with Crippen LogP contribution in [0.25, 0.3) is 0 Å². The van der Waals surface area contributed by atoms with Crippen LogP contribution in [0.1, 0.15) is 24.2 Å². The van der Waals surface area contributed by atoms with Gasteiger partial charge in [-0.05, 0) is 18.2 Å². The van der Waals surface area contributed by atoms with E-state index in [1.165, 1.54) is 0 Å². The van der Waals surface area contributed by atoms with Gasteiger partial charge in [0.05, 0.1) is 24.6 Å². The first kappa shape index (κ1) is 15.4. The van der Waals surface area contributed by atoms with E-state index < -0.39 is 0 Å². The Morgan fingerprint density at radius 2 is 2.00 bits per heavy atom. The lowest BCUT2D eigenvalue weighted by Crippen LogP contribution is -2.13. The number of pyridine rings is 1. The number of hydrogen-bond acceptors (Lipinski definition) is 4. The van der Waals surface area contributed by atoms with Crippen LogP contribution in [0.2, 0.25) is 0 Å². The number of ether oxygens (including phenoxy) is 1. The van der Waals surface area contributed by atoms with E-state index in [-0.39, 0.29) is 5.91 Å². The second-order valence-corrected chi connectivity index (χ2v) is 6.32. The Bertz CT molecular complexity index is 612. The zero-order valence-electron chi connectivity index (χ0n) is 12.3.